The number of hydrogen-bond donors (Lipinski definition) is 1. The summed E-state index contributed by atoms with van der Waals surface area (Å²) >= 11 is 1.60. The van der Waals surface area contributed by atoms with Gasteiger partial charge in [-0.15, -0.1) is 0 Å². The molecule has 3 nitrogen and oxygen atoms in total. The van der Waals surface area contributed by atoms with Gasteiger partial charge >= 0.3 is 0 Å². The largest absolute Gasteiger partial charge is 0.387 e. The Morgan fingerprint density at radius 1 is 1.55 bits per heavy atom. The second kappa shape index (κ2) is 4.31. The Labute approximate surface area is 69.9 Å². The summed E-state index contributed by atoms with van der Waals surface area (Å²) in [4.78, 5) is 7.62. The summed E-state index contributed by atoms with van der Waals surface area (Å²) in [6.07, 6.45) is 6.23. The van der Waals surface area contributed by atoms with Crippen molar-refractivity contribution in [2.75, 3.05) is 12.0 Å². The van der Waals surface area contributed by atoms with Gasteiger partial charge in [0.1, 0.15) is 6.33 Å². The zero-order valence-electron chi connectivity index (χ0n) is 6.27. The van der Waals surface area contributed by atoms with Crippen LogP contribution in [0, 0.1) is 0 Å². The summed E-state index contributed by atoms with van der Waals surface area (Å²) < 4.78 is 0. The molecule has 0 aromatic carbocycles. The number of thioether (sulfide) groups is 1. The molecule has 0 aliphatic rings. The molecule has 1 atom stereocenters. The first kappa shape index (κ1) is 8.49. The highest BCUT2D eigenvalue weighted by Crippen LogP contribution is 2.13. The van der Waals surface area contributed by atoms with Crippen LogP contribution in [0.1, 0.15) is 11.7 Å². The molecule has 1 aromatic rings. The second-order valence-electron chi connectivity index (χ2n) is 2.14. The van der Waals surface area contributed by atoms with Gasteiger partial charge in [0.2, 0.25) is 0 Å². The minimum absolute atomic E-state index is 0.439. The van der Waals surface area contributed by atoms with E-state index in [2.05, 4.69) is 9.97 Å². The molecule has 0 bridgehead atoms. The van der Waals surface area contributed by atoms with Crippen molar-refractivity contribution in [3.8, 4) is 0 Å². The monoisotopic (exact) mass is 170 g/mol. The fourth-order valence-corrected chi connectivity index (χ4v) is 1.24. The fraction of sp³-hybridized carbons (Fsp3) is 0.429. The molecule has 1 unspecified atom stereocenters. The van der Waals surface area contributed by atoms with Crippen LogP contribution in [0.5, 0.6) is 0 Å². The molecule has 60 valence electrons. The third-order valence-corrected chi connectivity index (χ3v) is 1.94. The minimum atomic E-state index is -0.439. The minimum Gasteiger partial charge on any atom is -0.387 e. The molecular formula is C7H10N2OS. The Morgan fingerprint density at radius 2 is 2.18 bits per heavy atom. The fourth-order valence-electron chi connectivity index (χ4n) is 0.737. The summed E-state index contributed by atoms with van der Waals surface area (Å²) in [5.41, 5.74) is 0.779. The third-order valence-electron chi connectivity index (χ3n) is 1.29. The quantitative estimate of drug-likeness (QED) is 0.731. The van der Waals surface area contributed by atoms with Crippen molar-refractivity contribution in [1.29, 1.82) is 0 Å². The van der Waals surface area contributed by atoms with E-state index in [1.165, 1.54) is 6.33 Å². The van der Waals surface area contributed by atoms with E-state index < -0.39 is 6.10 Å². The highest BCUT2D eigenvalue weighted by molar-refractivity contribution is 7.98. The third kappa shape index (κ3) is 2.48. The summed E-state index contributed by atoms with van der Waals surface area (Å²) in [6.45, 7) is 0. The maximum atomic E-state index is 9.42. The number of aliphatic hydroxyl groups is 1. The van der Waals surface area contributed by atoms with Crippen LogP contribution in [0.2, 0.25) is 0 Å². The smallest absolute Gasteiger partial charge is 0.115 e. The first-order valence-electron chi connectivity index (χ1n) is 3.26. The molecule has 1 N–H and O–H groups in total. The van der Waals surface area contributed by atoms with Crippen LogP contribution >= 0.6 is 11.8 Å². The molecule has 0 fully saturated rings. The Bertz CT molecular complexity index is 205. The molecular weight excluding hydrogens is 160 g/mol. The molecule has 0 saturated heterocycles. The van der Waals surface area contributed by atoms with Gasteiger partial charge in [-0.1, -0.05) is 0 Å². The predicted molar refractivity (Wildman–Crippen MR) is 45.4 cm³/mol. The summed E-state index contributed by atoms with van der Waals surface area (Å²) in [7, 11) is 0. The van der Waals surface area contributed by atoms with Crippen molar-refractivity contribution in [1.82, 2.24) is 9.97 Å². The van der Waals surface area contributed by atoms with Gasteiger partial charge in [-0.05, 0) is 6.26 Å². The number of hydrogen-bond acceptors (Lipinski definition) is 4. The van der Waals surface area contributed by atoms with Crippen molar-refractivity contribution in [2.45, 2.75) is 6.10 Å². The lowest BCUT2D eigenvalue weighted by Gasteiger charge is -2.06. The van der Waals surface area contributed by atoms with E-state index in [0.29, 0.717) is 5.75 Å². The van der Waals surface area contributed by atoms with E-state index in [1.807, 2.05) is 6.26 Å². The summed E-state index contributed by atoms with van der Waals surface area (Å²) in [5, 5.41) is 9.42. The number of aliphatic hydroxyl groups excluding tert-OH is 1. The van der Waals surface area contributed by atoms with E-state index in [1.54, 1.807) is 24.2 Å². The molecule has 0 aliphatic heterocycles. The molecule has 1 heterocycles. The second-order valence-corrected chi connectivity index (χ2v) is 3.05. The van der Waals surface area contributed by atoms with Gasteiger partial charge in [-0.3, -0.25) is 0 Å². The topological polar surface area (TPSA) is 46.0 Å². The van der Waals surface area contributed by atoms with E-state index >= 15 is 0 Å². The Morgan fingerprint density at radius 3 is 2.73 bits per heavy atom. The Balaban J connectivity index is 2.61. The molecule has 4 heteroatoms. The lowest BCUT2D eigenvalue weighted by molar-refractivity contribution is 0.203. The van der Waals surface area contributed by atoms with Crippen molar-refractivity contribution in [3.05, 3.63) is 24.3 Å². The summed E-state index contributed by atoms with van der Waals surface area (Å²) in [5.74, 6) is 0.688. The van der Waals surface area contributed by atoms with Crippen molar-refractivity contribution < 1.29 is 5.11 Å². The van der Waals surface area contributed by atoms with E-state index in [9.17, 15) is 5.11 Å². The first-order chi connectivity index (χ1) is 5.34. The SMILES string of the molecule is CSCC(O)c1cncnc1. The Kier molecular flexibility index (Phi) is 3.32. The van der Waals surface area contributed by atoms with Crippen LogP contribution in [-0.2, 0) is 0 Å². The highest BCUT2D eigenvalue weighted by Gasteiger charge is 2.05. The standard InChI is InChI=1S/C7H10N2OS/c1-11-4-7(10)6-2-8-5-9-3-6/h2-3,5,7,10H,4H2,1H3. The van der Waals surface area contributed by atoms with E-state index in [-0.39, 0.29) is 0 Å². The van der Waals surface area contributed by atoms with Crippen LogP contribution in [0.25, 0.3) is 0 Å². The zero-order chi connectivity index (χ0) is 8.10. The zero-order valence-corrected chi connectivity index (χ0v) is 7.08. The van der Waals surface area contributed by atoms with E-state index in [4.69, 9.17) is 0 Å². The lowest BCUT2D eigenvalue weighted by Crippen LogP contribution is -2.00. The van der Waals surface area contributed by atoms with Crippen LogP contribution in [0.4, 0.5) is 0 Å². The average molecular weight is 170 g/mol. The predicted octanol–water partition coefficient (Wildman–Crippen LogP) is 0.873. The van der Waals surface area contributed by atoms with Gasteiger partial charge in [-0.25, -0.2) is 9.97 Å². The molecule has 1 aromatic heterocycles. The first-order valence-corrected chi connectivity index (χ1v) is 4.66. The van der Waals surface area contributed by atoms with Gasteiger partial charge < -0.3 is 5.11 Å². The number of aromatic nitrogens is 2. The van der Waals surface area contributed by atoms with Gasteiger partial charge in [0, 0.05) is 23.7 Å². The maximum Gasteiger partial charge on any atom is 0.115 e. The molecule has 0 aliphatic carbocycles. The van der Waals surface area contributed by atoms with Gasteiger partial charge in [0.15, 0.2) is 0 Å². The van der Waals surface area contributed by atoms with Crippen LogP contribution in [0.15, 0.2) is 18.7 Å². The molecule has 11 heavy (non-hydrogen) atoms. The van der Waals surface area contributed by atoms with Crippen LogP contribution < -0.4 is 0 Å². The molecule has 0 amide bonds. The van der Waals surface area contributed by atoms with Crippen molar-refractivity contribution in [3.63, 3.8) is 0 Å². The van der Waals surface area contributed by atoms with Crippen LogP contribution in [0.3, 0.4) is 0 Å². The lowest BCUT2D eigenvalue weighted by atomic mass is 10.2. The molecule has 0 saturated carbocycles. The van der Waals surface area contributed by atoms with Crippen LogP contribution in [-0.4, -0.2) is 27.1 Å². The van der Waals surface area contributed by atoms with Crippen molar-refractivity contribution >= 4 is 11.8 Å². The van der Waals surface area contributed by atoms with Gasteiger partial charge in [-0.2, -0.15) is 11.8 Å². The van der Waals surface area contributed by atoms with Crippen molar-refractivity contribution in [2.24, 2.45) is 0 Å². The molecule has 0 radical (unpaired) electrons. The molecule has 0 spiro atoms. The summed E-state index contributed by atoms with van der Waals surface area (Å²) in [6, 6.07) is 0. The van der Waals surface area contributed by atoms with Gasteiger partial charge in [0.05, 0.1) is 6.10 Å². The maximum absolute atomic E-state index is 9.42. The number of rotatable bonds is 3. The average Bonchev–Trinajstić information content (AvgIpc) is 2.07. The normalized spacial score (nSPS) is 12.9. The highest BCUT2D eigenvalue weighted by atomic mass is 32.2. The molecule has 1 rings (SSSR count). The Hall–Kier alpha value is -0.610. The number of nitrogens with zero attached hydrogens (tertiary/aromatic N) is 2. The van der Waals surface area contributed by atoms with Gasteiger partial charge in [0.25, 0.3) is 0 Å². The van der Waals surface area contributed by atoms with E-state index in [0.717, 1.165) is 5.56 Å².